The highest BCUT2D eigenvalue weighted by Crippen LogP contribution is 2.48. The van der Waals surface area contributed by atoms with E-state index >= 15 is 0 Å². The van der Waals surface area contributed by atoms with E-state index in [1.807, 2.05) is 12.1 Å². The van der Waals surface area contributed by atoms with E-state index in [0.29, 0.717) is 4.91 Å². The minimum Gasteiger partial charge on any atom is -0.282 e. The van der Waals surface area contributed by atoms with Gasteiger partial charge in [-0.3, -0.25) is 14.9 Å². The lowest BCUT2D eigenvalue weighted by Crippen LogP contribution is -2.34. The van der Waals surface area contributed by atoms with Crippen molar-refractivity contribution in [1.82, 2.24) is 5.32 Å². The zero-order valence-electron chi connectivity index (χ0n) is 19.3. The van der Waals surface area contributed by atoms with Crippen molar-refractivity contribution in [2.24, 2.45) is 0 Å². The number of thioether (sulfide) groups is 1. The Hall–Kier alpha value is -2.33. The molecule has 1 fully saturated rings. The number of rotatable bonds is 3. The van der Waals surface area contributed by atoms with E-state index in [2.05, 4.69) is 71.1 Å². The van der Waals surface area contributed by atoms with Crippen LogP contribution in [0.1, 0.15) is 75.3 Å². The van der Waals surface area contributed by atoms with Crippen LogP contribution in [-0.2, 0) is 22.0 Å². The first-order chi connectivity index (χ1) is 14.5. The normalized spacial score (nSPS) is 20.6. The summed E-state index contributed by atoms with van der Waals surface area (Å²) in [5, 5.41) is 2.02. The molecule has 2 aliphatic rings. The Morgan fingerprint density at radius 1 is 0.968 bits per heavy atom. The minimum atomic E-state index is -0.315. The molecule has 2 amide bonds. The summed E-state index contributed by atoms with van der Waals surface area (Å²) in [7, 11) is 0. The second-order valence-corrected chi connectivity index (χ2v) is 11.1. The number of benzene rings is 2. The van der Waals surface area contributed by atoms with Gasteiger partial charge in [-0.15, -0.1) is 0 Å². The Bertz CT molecular complexity index is 1120. The van der Waals surface area contributed by atoms with E-state index in [9.17, 15) is 9.59 Å². The van der Waals surface area contributed by atoms with Crippen LogP contribution in [0.4, 0.5) is 4.79 Å². The fourth-order valence-corrected chi connectivity index (χ4v) is 5.51. The van der Waals surface area contributed by atoms with Crippen molar-refractivity contribution in [3.8, 4) is 11.1 Å². The highest BCUT2D eigenvalue weighted by Gasteiger charge is 2.37. The third-order valence-corrected chi connectivity index (χ3v) is 7.75. The van der Waals surface area contributed by atoms with Crippen molar-refractivity contribution in [1.29, 1.82) is 0 Å². The number of amides is 2. The summed E-state index contributed by atoms with van der Waals surface area (Å²) in [6.07, 6.45) is 5.14. The zero-order chi connectivity index (χ0) is 22.6. The molecule has 0 atom stereocenters. The number of carbonyl (C=O) groups is 2. The molecule has 1 saturated heterocycles. The largest absolute Gasteiger partial charge is 0.290 e. The van der Waals surface area contributed by atoms with E-state index in [0.717, 1.165) is 23.7 Å². The van der Waals surface area contributed by atoms with E-state index < -0.39 is 0 Å². The Kier molecular flexibility index (Phi) is 5.41. The van der Waals surface area contributed by atoms with Crippen molar-refractivity contribution in [2.75, 3.05) is 0 Å². The van der Waals surface area contributed by atoms with E-state index in [-0.39, 0.29) is 22.0 Å². The molecule has 0 saturated carbocycles. The number of aryl methyl sites for hydroxylation is 2. The van der Waals surface area contributed by atoms with Gasteiger partial charge in [0.1, 0.15) is 0 Å². The smallest absolute Gasteiger partial charge is 0.282 e. The molecule has 1 aliphatic carbocycles. The molecule has 162 valence electrons. The van der Waals surface area contributed by atoms with Crippen molar-refractivity contribution in [3.05, 3.63) is 63.1 Å². The second-order valence-electron chi connectivity index (χ2n) is 10.1. The number of hydrogen-bond acceptors (Lipinski definition) is 3. The summed E-state index contributed by atoms with van der Waals surface area (Å²) in [5.74, 6) is -0.315. The quantitative estimate of drug-likeness (QED) is 0.536. The number of carbonyl (C=O) groups excluding carboxylic acids is 2. The molecule has 4 heteroatoms. The van der Waals surface area contributed by atoms with Gasteiger partial charge in [-0.2, -0.15) is 0 Å². The van der Waals surface area contributed by atoms with Crippen LogP contribution in [0.3, 0.4) is 0 Å². The fraction of sp³-hybridized carbons (Fsp3) is 0.407. The summed E-state index contributed by atoms with van der Waals surface area (Å²) in [6.45, 7) is 13.8. The lowest BCUT2D eigenvalue weighted by Gasteiger charge is -2.42. The van der Waals surface area contributed by atoms with Gasteiger partial charge in [0.25, 0.3) is 11.1 Å². The third-order valence-electron chi connectivity index (χ3n) is 6.94. The van der Waals surface area contributed by atoms with Gasteiger partial charge in [0, 0.05) is 0 Å². The molecule has 2 aromatic carbocycles. The molecule has 0 bridgehead atoms. The number of nitrogens with one attached hydrogen (secondary N) is 1. The molecule has 1 aliphatic heterocycles. The molecule has 1 heterocycles. The van der Waals surface area contributed by atoms with Crippen molar-refractivity contribution < 1.29 is 9.59 Å². The van der Waals surface area contributed by atoms with E-state index in [4.69, 9.17) is 0 Å². The molecule has 2 aromatic rings. The van der Waals surface area contributed by atoms with Crippen LogP contribution in [0, 0.1) is 6.92 Å². The summed E-state index contributed by atoms with van der Waals surface area (Å²) in [5.41, 5.74) is 9.25. The number of imide groups is 1. The van der Waals surface area contributed by atoms with Crippen LogP contribution >= 0.6 is 11.8 Å². The second kappa shape index (κ2) is 7.67. The Morgan fingerprint density at radius 2 is 1.61 bits per heavy atom. The van der Waals surface area contributed by atoms with Crippen LogP contribution < -0.4 is 5.32 Å². The van der Waals surface area contributed by atoms with Crippen molar-refractivity contribution in [2.45, 2.75) is 71.6 Å². The fourth-order valence-electron chi connectivity index (χ4n) is 4.83. The van der Waals surface area contributed by atoms with Gasteiger partial charge in [0.2, 0.25) is 0 Å². The summed E-state index contributed by atoms with van der Waals surface area (Å²) in [6, 6.07) is 11.2. The Labute approximate surface area is 189 Å². The molecule has 4 rings (SSSR count). The van der Waals surface area contributed by atoms with Crippen molar-refractivity contribution in [3.63, 3.8) is 0 Å². The molecular weight excluding hydrogens is 402 g/mol. The van der Waals surface area contributed by atoms with Crippen molar-refractivity contribution >= 4 is 29.0 Å². The topological polar surface area (TPSA) is 46.2 Å². The average molecular weight is 434 g/mol. The maximum absolute atomic E-state index is 12.0. The van der Waals surface area contributed by atoms with Gasteiger partial charge in [0.15, 0.2) is 0 Å². The maximum Gasteiger partial charge on any atom is 0.290 e. The summed E-state index contributed by atoms with van der Waals surface area (Å²) < 4.78 is 0. The lowest BCUT2D eigenvalue weighted by molar-refractivity contribution is -0.115. The van der Waals surface area contributed by atoms with Gasteiger partial charge in [0.05, 0.1) is 4.91 Å². The monoisotopic (exact) mass is 433 g/mol. The molecule has 0 radical (unpaired) electrons. The van der Waals surface area contributed by atoms with Crippen LogP contribution in [0.2, 0.25) is 0 Å². The molecular formula is C27H31NO2S. The standard InChI is InChI=1S/C27H31NO2S/c1-7-18-9-8-17(14-23-24(29)28-25(30)31-23)13-20(18)19-15-22-21(12-16(19)2)26(3,4)10-11-27(22,5)6/h8-9,12-15H,7,10-11H2,1-6H3,(H,28,29,30)/b23-14+. The highest BCUT2D eigenvalue weighted by molar-refractivity contribution is 8.18. The number of hydrogen-bond donors (Lipinski definition) is 1. The molecule has 0 unspecified atom stereocenters. The third kappa shape index (κ3) is 3.98. The first-order valence-corrected chi connectivity index (χ1v) is 11.9. The molecule has 0 aromatic heterocycles. The van der Waals surface area contributed by atoms with Crippen LogP contribution in [-0.4, -0.2) is 11.1 Å². The predicted molar refractivity (Wildman–Crippen MR) is 130 cm³/mol. The SMILES string of the molecule is CCc1ccc(/C=C2/SC(=O)NC2=O)cc1-c1cc2c(cc1C)C(C)(C)CCC2(C)C. The Morgan fingerprint density at radius 3 is 2.19 bits per heavy atom. The first-order valence-electron chi connectivity index (χ1n) is 11.1. The van der Waals surface area contributed by atoms with Gasteiger partial charge in [-0.25, -0.2) is 0 Å². The van der Waals surface area contributed by atoms with Gasteiger partial charge in [-0.1, -0.05) is 58.9 Å². The lowest BCUT2D eigenvalue weighted by atomic mass is 9.62. The van der Waals surface area contributed by atoms with Gasteiger partial charge < -0.3 is 0 Å². The molecule has 0 spiro atoms. The van der Waals surface area contributed by atoms with Crippen LogP contribution in [0.5, 0.6) is 0 Å². The highest BCUT2D eigenvalue weighted by atomic mass is 32.2. The maximum atomic E-state index is 12.0. The first kappa shape index (κ1) is 21.9. The molecule has 1 N–H and O–H groups in total. The van der Waals surface area contributed by atoms with Crippen LogP contribution in [0.15, 0.2) is 35.2 Å². The zero-order valence-corrected chi connectivity index (χ0v) is 20.1. The van der Waals surface area contributed by atoms with Gasteiger partial charge >= 0.3 is 0 Å². The van der Waals surface area contributed by atoms with E-state index in [1.165, 1.54) is 46.2 Å². The predicted octanol–water partition coefficient (Wildman–Crippen LogP) is 6.90. The average Bonchev–Trinajstić information content (AvgIpc) is 3.02. The van der Waals surface area contributed by atoms with Gasteiger partial charge in [-0.05, 0) is 99.9 Å². The summed E-state index contributed by atoms with van der Waals surface area (Å²) in [4.78, 5) is 24.0. The minimum absolute atomic E-state index is 0.151. The molecule has 31 heavy (non-hydrogen) atoms. The van der Waals surface area contributed by atoms with Crippen LogP contribution in [0.25, 0.3) is 17.2 Å². The van der Waals surface area contributed by atoms with E-state index in [1.54, 1.807) is 0 Å². The summed E-state index contributed by atoms with van der Waals surface area (Å²) >= 11 is 0.963. The Balaban J connectivity index is 1.87. The molecule has 3 nitrogen and oxygen atoms in total. The number of fused-ring (bicyclic) bond motifs is 1.